The van der Waals surface area contributed by atoms with E-state index in [9.17, 15) is 18.0 Å². The predicted molar refractivity (Wildman–Crippen MR) is 89.0 cm³/mol. The second-order valence-corrected chi connectivity index (χ2v) is 5.83. The Balaban J connectivity index is 2.08. The molecule has 0 spiro atoms. The van der Waals surface area contributed by atoms with Crippen molar-refractivity contribution in [2.24, 2.45) is 0 Å². The number of nitrogens with one attached hydrogen (secondary N) is 2. The molecule has 0 radical (unpaired) electrons. The van der Waals surface area contributed by atoms with Crippen molar-refractivity contribution in [1.82, 2.24) is 15.2 Å². The number of halogens is 3. The number of carbonyl (C=O) groups is 1. The Morgan fingerprint density at radius 1 is 1.38 bits per heavy atom. The van der Waals surface area contributed by atoms with Crippen LogP contribution in [0.3, 0.4) is 0 Å². The van der Waals surface area contributed by atoms with Crippen molar-refractivity contribution in [2.75, 3.05) is 37.1 Å². The summed E-state index contributed by atoms with van der Waals surface area (Å²) in [5.41, 5.74) is 4.38. The summed E-state index contributed by atoms with van der Waals surface area (Å²) in [4.78, 5) is 15.9. The molecular formula is C14H16F3N5O3S. The minimum Gasteiger partial charge on any atom is -0.489 e. The Labute approximate surface area is 150 Å². The molecule has 2 rings (SSSR count). The van der Waals surface area contributed by atoms with Crippen molar-refractivity contribution in [2.45, 2.75) is 11.3 Å². The van der Waals surface area contributed by atoms with E-state index in [1.165, 1.54) is 7.11 Å². The lowest BCUT2D eigenvalue weighted by Crippen LogP contribution is -2.17. The fraction of sp³-hybridized carbons (Fsp3) is 0.357. The number of H-pyrrole nitrogens is 1. The number of aromatic amines is 1. The highest BCUT2D eigenvalue weighted by Gasteiger charge is 2.31. The summed E-state index contributed by atoms with van der Waals surface area (Å²) >= 11 is 0.977. The van der Waals surface area contributed by atoms with Crippen LogP contribution in [-0.2, 0) is 15.7 Å². The van der Waals surface area contributed by atoms with Gasteiger partial charge in [-0.15, -0.1) is 5.10 Å². The van der Waals surface area contributed by atoms with Crippen molar-refractivity contribution in [3.8, 4) is 5.75 Å². The predicted octanol–water partition coefficient (Wildman–Crippen LogP) is 2.16. The first kappa shape index (κ1) is 19.8. The van der Waals surface area contributed by atoms with Crippen LogP contribution in [0.25, 0.3) is 0 Å². The zero-order chi connectivity index (χ0) is 19.2. The van der Waals surface area contributed by atoms with Crippen molar-refractivity contribution in [1.29, 1.82) is 0 Å². The number of amides is 1. The molecule has 0 atom stereocenters. The van der Waals surface area contributed by atoms with Gasteiger partial charge in [-0.3, -0.25) is 4.79 Å². The fourth-order valence-electron chi connectivity index (χ4n) is 1.80. The number of anilines is 2. The summed E-state index contributed by atoms with van der Waals surface area (Å²) in [5, 5.41) is 8.81. The lowest BCUT2D eigenvalue weighted by atomic mass is 10.1. The fourth-order valence-corrected chi connectivity index (χ4v) is 2.41. The topological polar surface area (TPSA) is 115 Å². The molecule has 142 valence electrons. The molecule has 0 aliphatic rings. The van der Waals surface area contributed by atoms with Crippen LogP contribution in [0.1, 0.15) is 5.56 Å². The number of alkyl halides is 3. The molecule has 0 aliphatic heterocycles. The van der Waals surface area contributed by atoms with Gasteiger partial charge in [0.25, 0.3) is 0 Å². The molecular weight excluding hydrogens is 375 g/mol. The molecule has 12 heteroatoms. The number of nitrogen functional groups attached to an aromatic ring is 1. The van der Waals surface area contributed by atoms with Gasteiger partial charge < -0.3 is 20.5 Å². The molecule has 0 bridgehead atoms. The smallest absolute Gasteiger partial charge is 0.416 e. The number of benzene rings is 1. The molecule has 0 unspecified atom stereocenters. The third-order valence-electron chi connectivity index (χ3n) is 2.94. The largest absolute Gasteiger partial charge is 0.489 e. The second-order valence-electron chi connectivity index (χ2n) is 4.89. The van der Waals surface area contributed by atoms with E-state index in [1.54, 1.807) is 0 Å². The highest BCUT2D eigenvalue weighted by molar-refractivity contribution is 7.99. The van der Waals surface area contributed by atoms with Gasteiger partial charge in [-0.1, -0.05) is 11.8 Å². The third kappa shape index (κ3) is 5.81. The van der Waals surface area contributed by atoms with Gasteiger partial charge in [-0.25, -0.2) is 5.10 Å². The maximum Gasteiger partial charge on any atom is 0.416 e. The first-order valence-corrected chi connectivity index (χ1v) is 8.21. The van der Waals surface area contributed by atoms with E-state index in [1.807, 2.05) is 0 Å². The summed E-state index contributed by atoms with van der Waals surface area (Å²) in [5.74, 6) is -0.463. The minimum atomic E-state index is -4.55. The molecule has 4 N–H and O–H groups in total. The van der Waals surface area contributed by atoms with Crippen molar-refractivity contribution < 1.29 is 27.4 Å². The van der Waals surface area contributed by atoms with E-state index in [0.717, 1.165) is 30.0 Å². The summed E-state index contributed by atoms with van der Waals surface area (Å²) in [6, 6.07) is 2.84. The molecule has 26 heavy (non-hydrogen) atoms. The Morgan fingerprint density at radius 3 is 2.77 bits per heavy atom. The Kier molecular flexibility index (Phi) is 6.69. The Morgan fingerprint density at radius 2 is 2.15 bits per heavy atom. The Bertz CT molecular complexity index is 754. The quantitative estimate of drug-likeness (QED) is 0.467. The van der Waals surface area contributed by atoms with Gasteiger partial charge in [-0.05, 0) is 18.2 Å². The van der Waals surface area contributed by atoms with Crippen LogP contribution in [0.15, 0.2) is 23.4 Å². The van der Waals surface area contributed by atoms with E-state index in [2.05, 4.69) is 20.5 Å². The van der Waals surface area contributed by atoms with E-state index < -0.39 is 17.6 Å². The van der Waals surface area contributed by atoms with E-state index in [0.29, 0.717) is 0 Å². The normalized spacial score (nSPS) is 11.4. The summed E-state index contributed by atoms with van der Waals surface area (Å²) in [7, 11) is 1.46. The number of methoxy groups -OCH3 is 1. The first-order chi connectivity index (χ1) is 12.3. The molecule has 1 heterocycles. The van der Waals surface area contributed by atoms with Crippen LogP contribution < -0.4 is 15.8 Å². The first-order valence-electron chi connectivity index (χ1n) is 7.23. The second kappa shape index (κ2) is 8.76. The van der Waals surface area contributed by atoms with E-state index in [-0.39, 0.29) is 41.5 Å². The molecule has 8 nitrogen and oxygen atoms in total. The maximum absolute atomic E-state index is 12.9. The van der Waals surface area contributed by atoms with Gasteiger partial charge in [0.15, 0.2) is 0 Å². The lowest BCUT2D eigenvalue weighted by molar-refractivity contribution is -0.137. The number of rotatable bonds is 8. The molecule has 1 aromatic carbocycles. The molecule has 1 amide bonds. The van der Waals surface area contributed by atoms with Crippen LogP contribution >= 0.6 is 11.8 Å². The number of nitrogens with two attached hydrogens (primary N) is 1. The summed E-state index contributed by atoms with van der Waals surface area (Å²) in [6.07, 6.45) is -4.55. The van der Waals surface area contributed by atoms with E-state index in [4.69, 9.17) is 15.2 Å². The molecule has 0 aliphatic carbocycles. The number of aromatic nitrogens is 3. The minimum absolute atomic E-state index is 0.0870. The van der Waals surface area contributed by atoms with Crippen molar-refractivity contribution in [3.05, 3.63) is 23.8 Å². The number of carbonyl (C=O) groups excluding carboxylic acids is 1. The average molecular weight is 391 g/mol. The molecule has 2 aromatic rings. The molecule has 0 saturated carbocycles. The number of hydrogen-bond donors (Lipinski definition) is 3. The molecule has 0 fully saturated rings. The highest BCUT2D eigenvalue weighted by atomic mass is 32.2. The van der Waals surface area contributed by atoms with Gasteiger partial charge in [0.05, 0.1) is 23.6 Å². The Hall–Kier alpha value is -2.47. The third-order valence-corrected chi connectivity index (χ3v) is 3.79. The zero-order valence-corrected chi connectivity index (χ0v) is 14.4. The number of hydrogen-bond acceptors (Lipinski definition) is 7. The summed E-state index contributed by atoms with van der Waals surface area (Å²) < 4.78 is 48.9. The standard InChI is InChI=1S/C14H16F3N5O3S/c1-24-4-5-25-10-3-2-8(14(15,16)17)6-9(10)19-11(23)7-26-13-20-12(18)21-22-13/h2-3,6H,4-5,7H2,1H3,(H,19,23)(H3,18,20,21,22). The summed E-state index contributed by atoms with van der Waals surface area (Å²) in [6.45, 7) is 0.368. The van der Waals surface area contributed by atoms with E-state index >= 15 is 0 Å². The van der Waals surface area contributed by atoms with Gasteiger partial charge in [0.2, 0.25) is 17.0 Å². The highest BCUT2D eigenvalue weighted by Crippen LogP contribution is 2.35. The van der Waals surface area contributed by atoms with Crippen LogP contribution in [-0.4, -0.2) is 47.2 Å². The van der Waals surface area contributed by atoms with Crippen LogP contribution in [0, 0.1) is 0 Å². The molecule has 1 aromatic heterocycles. The monoisotopic (exact) mass is 391 g/mol. The van der Waals surface area contributed by atoms with Crippen LogP contribution in [0.4, 0.5) is 24.8 Å². The SMILES string of the molecule is COCCOc1ccc(C(F)(F)F)cc1NC(=O)CSc1n[nH]c(N)n1. The number of ether oxygens (including phenoxy) is 2. The van der Waals surface area contributed by atoms with Gasteiger partial charge in [0.1, 0.15) is 12.4 Å². The van der Waals surface area contributed by atoms with Gasteiger partial charge in [-0.2, -0.15) is 18.2 Å². The van der Waals surface area contributed by atoms with Crippen LogP contribution in [0.2, 0.25) is 0 Å². The number of nitrogens with zero attached hydrogens (tertiary/aromatic N) is 2. The molecule has 0 saturated heterocycles. The zero-order valence-electron chi connectivity index (χ0n) is 13.6. The lowest BCUT2D eigenvalue weighted by Gasteiger charge is -2.15. The maximum atomic E-state index is 12.9. The van der Waals surface area contributed by atoms with Crippen molar-refractivity contribution >= 4 is 29.3 Å². The van der Waals surface area contributed by atoms with Gasteiger partial charge in [0, 0.05) is 7.11 Å². The number of thioether (sulfide) groups is 1. The average Bonchev–Trinajstić information content (AvgIpc) is 2.99. The van der Waals surface area contributed by atoms with Gasteiger partial charge >= 0.3 is 6.18 Å². The van der Waals surface area contributed by atoms with Crippen LogP contribution in [0.5, 0.6) is 5.75 Å². The van der Waals surface area contributed by atoms with Crippen molar-refractivity contribution in [3.63, 3.8) is 0 Å².